The molecule has 1 aliphatic carbocycles. The molecule has 0 aliphatic heterocycles. The third-order valence-corrected chi connectivity index (χ3v) is 4.52. The normalized spacial score (nSPS) is 17.3. The SMILES string of the molecule is Cn1c(CN[C@@H]2CCc3ccccc32)nc2ccccc21. The number of benzene rings is 2. The van der Waals surface area contributed by atoms with Crippen LogP contribution in [0.1, 0.15) is 29.4 Å². The highest BCUT2D eigenvalue weighted by molar-refractivity contribution is 5.75. The minimum atomic E-state index is 0.459. The molecule has 106 valence electrons. The average Bonchev–Trinajstić information content (AvgIpc) is 3.07. The molecule has 1 aromatic heterocycles. The van der Waals surface area contributed by atoms with Crippen LogP contribution in [0.25, 0.3) is 11.0 Å². The van der Waals surface area contributed by atoms with Crippen molar-refractivity contribution < 1.29 is 0 Å². The van der Waals surface area contributed by atoms with Crippen LogP contribution in [0.2, 0.25) is 0 Å². The van der Waals surface area contributed by atoms with E-state index in [9.17, 15) is 0 Å². The highest BCUT2D eigenvalue weighted by Crippen LogP contribution is 2.30. The summed E-state index contributed by atoms with van der Waals surface area (Å²) >= 11 is 0. The Morgan fingerprint density at radius 3 is 2.86 bits per heavy atom. The Bertz CT molecular complexity index is 788. The lowest BCUT2D eigenvalue weighted by Gasteiger charge is -2.13. The van der Waals surface area contributed by atoms with E-state index in [1.807, 2.05) is 6.07 Å². The number of nitrogens with zero attached hydrogens (tertiary/aromatic N) is 2. The smallest absolute Gasteiger partial charge is 0.123 e. The summed E-state index contributed by atoms with van der Waals surface area (Å²) in [5, 5.41) is 3.67. The molecule has 3 aromatic rings. The molecule has 0 fully saturated rings. The fourth-order valence-electron chi connectivity index (χ4n) is 3.34. The van der Waals surface area contributed by atoms with Gasteiger partial charge in [0.25, 0.3) is 0 Å². The predicted octanol–water partition coefficient (Wildman–Crippen LogP) is 3.35. The van der Waals surface area contributed by atoms with Crippen LogP contribution in [0.15, 0.2) is 48.5 Å². The Morgan fingerprint density at radius 1 is 1.14 bits per heavy atom. The third kappa shape index (κ3) is 2.14. The second-order valence-electron chi connectivity index (χ2n) is 5.75. The quantitative estimate of drug-likeness (QED) is 0.795. The molecular formula is C18H19N3. The van der Waals surface area contributed by atoms with Crippen molar-refractivity contribution in [3.05, 3.63) is 65.5 Å². The van der Waals surface area contributed by atoms with E-state index in [0.29, 0.717) is 6.04 Å². The van der Waals surface area contributed by atoms with Crippen LogP contribution < -0.4 is 5.32 Å². The number of hydrogen-bond acceptors (Lipinski definition) is 2. The highest BCUT2D eigenvalue weighted by atomic mass is 15.1. The molecule has 0 bridgehead atoms. The molecule has 3 heteroatoms. The molecular weight excluding hydrogens is 258 g/mol. The first-order valence-electron chi connectivity index (χ1n) is 7.54. The first-order chi connectivity index (χ1) is 10.3. The molecule has 4 rings (SSSR count). The lowest BCUT2D eigenvalue weighted by molar-refractivity contribution is 0.513. The number of rotatable bonds is 3. The lowest BCUT2D eigenvalue weighted by Crippen LogP contribution is -2.20. The molecule has 0 amide bonds. The van der Waals surface area contributed by atoms with E-state index in [4.69, 9.17) is 4.98 Å². The van der Waals surface area contributed by atoms with Crippen LogP contribution in [0, 0.1) is 0 Å². The Kier molecular flexibility index (Phi) is 3.00. The summed E-state index contributed by atoms with van der Waals surface area (Å²) < 4.78 is 2.18. The Hall–Kier alpha value is -2.13. The predicted molar refractivity (Wildman–Crippen MR) is 85.1 cm³/mol. The van der Waals surface area contributed by atoms with Crippen LogP contribution in [-0.2, 0) is 20.0 Å². The summed E-state index contributed by atoms with van der Waals surface area (Å²) in [5.74, 6) is 1.10. The van der Waals surface area contributed by atoms with Crippen molar-refractivity contribution in [3.8, 4) is 0 Å². The maximum Gasteiger partial charge on any atom is 0.123 e. The summed E-state index contributed by atoms with van der Waals surface area (Å²) in [6.07, 6.45) is 2.36. The van der Waals surface area contributed by atoms with E-state index >= 15 is 0 Å². The fraction of sp³-hybridized carbons (Fsp3) is 0.278. The number of imidazole rings is 1. The van der Waals surface area contributed by atoms with Gasteiger partial charge in [0.15, 0.2) is 0 Å². The van der Waals surface area contributed by atoms with Crippen LogP contribution in [0.5, 0.6) is 0 Å². The summed E-state index contributed by atoms with van der Waals surface area (Å²) in [4.78, 5) is 4.73. The zero-order valence-corrected chi connectivity index (χ0v) is 12.2. The molecule has 0 unspecified atom stereocenters. The van der Waals surface area contributed by atoms with Crippen molar-refractivity contribution >= 4 is 11.0 Å². The molecule has 1 atom stereocenters. The van der Waals surface area contributed by atoms with Crippen molar-refractivity contribution in [1.29, 1.82) is 0 Å². The number of nitrogens with one attached hydrogen (secondary N) is 1. The molecule has 0 saturated heterocycles. The summed E-state index contributed by atoms with van der Waals surface area (Å²) in [5.41, 5.74) is 5.21. The minimum Gasteiger partial charge on any atom is -0.330 e. The summed E-state index contributed by atoms with van der Waals surface area (Å²) in [6, 6.07) is 17.5. The molecule has 0 saturated carbocycles. The molecule has 21 heavy (non-hydrogen) atoms. The van der Waals surface area contributed by atoms with Crippen LogP contribution in [-0.4, -0.2) is 9.55 Å². The van der Waals surface area contributed by atoms with E-state index in [-0.39, 0.29) is 0 Å². The zero-order valence-electron chi connectivity index (χ0n) is 12.2. The first-order valence-corrected chi connectivity index (χ1v) is 7.54. The summed E-state index contributed by atoms with van der Waals surface area (Å²) in [6.45, 7) is 0.810. The van der Waals surface area contributed by atoms with E-state index in [1.165, 1.54) is 29.5 Å². The lowest BCUT2D eigenvalue weighted by atomic mass is 10.1. The second kappa shape index (κ2) is 5.01. The highest BCUT2D eigenvalue weighted by Gasteiger charge is 2.21. The first kappa shape index (κ1) is 12.6. The molecule has 3 nitrogen and oxygen atoms in total. The van der Waals surface area contributed by atoms with Crippen molar-refractivity contribution in [2.45, 2.75) is 25.4 Å². The van der Waals surface area contributed by atoms with Crippen molar-refractivity contribution in [1.82, 2.24) is 14.9 Å². The largest absolute Gasteiger partial charge is 0.330 e. The van der Waals surface area contributed by atoms with Crippen molar-refractivity contribution in [2.75, 3.05) is 0 Å². The second-order valence-corrected chi connectivity index (χ2v) is 5.75. The molecule has 2 aromatic carbocycles. The van der Waals surface area contributed by atoms with Gasteiger partial charge < -0.3 is 9.88 Å². The van der Waals surface area contributed by atoms with Gasteiger partial charge in [0, 0.05) is 13.1 Å². The van der Waals surface area contributed by atoms with E-state index in [0.717, 1.165) is 17.9 Å². The Balaban J connectivity index is 1.56. The average molecular weight is 277 g/mol. The summed E-state index contributed by atoms with van der Waals surface area (Å²) in [7, 11) is 2.09. The standard InChI is InChI=1S/C18H19N3/c1-21-17-9-5-4-8-16(17)20-18(21)12-19-15-11-10-13-6-2-3-7-14(13)15/h2-9,15,19H,10-12H2,1H3/t15-/m1/s1. The minimum absolute atomic E-state index is 0.459. The number of hydrogen-bond donors (Lipinski definition) is 1. The van der Waals surface area contributed by atoms with Gasteiger partial charge in [-0.25, -0.2) is 4.98 Å². The maximum absolute atomic E-state index is 4.73. The van der Waals surface area contributed by atoms with Gasteiger partial charge >= 0.3 is 0 Å². The molecule has 1 aliphatic rings. The molecule has 1 N–H and O–H groups in total. The van der Waals surface area contributed by atoms with Gasteiger partial charge in [-0.3, -0.25) is 0 Å². The van der Waals surface area contributed by atoms with Gasteiger partial charge in [-0.2, -0.15) is 0 Å². The zero-order chi connectivity index (χ0) is 14.2. The van der Waals surface area contributed by atoms with E-state index in [2.05, 4.69) is 59.4 Å². The van der Waals surface area contributed by atoms with E-state index in [1.54, 1.807) is 0 Å². The molecule has 1 heterocycles. The topological polar surface area (TPSA) is 29.9 Å². The van der Waals surface area contributed by atoms with E-state index < -0.39 is 0 Å². The maximum atomic E-state index is 4.73. The van der Waals surface area contributed by atoms with Crippen LogP contribution in [0.4, 0.5) is 0 Å². The van der Waals surface area contributed by atoms with Gasteiger partial charge in [-0.1, -0.05) is 36.4 Å². The van der Waals surface area contributed by atoms with Crippen molar-refractivity contribution in [2.24, 2.45) is 7.05 Å². The molecule has 0 spiro atoms. The van der Waals surface area contributed by atoms with Crippen LogP contribution >= 0.6 is 0 Å². The van der Waals surface area contributed by atoms with Gasteiger partial charge in [0.05, 0.1) is 17.6 Å². The third-order valence-electron chi connectivity index (χ3n) is 4.52. The number of fused-ring (bicyclic) bond motifs is 2. The Labute approximate surface area is 124 Å². The Morgan fingerprint density at radius 2 is 1.95 bits per heavy atom. The monoisotopic (exact) mass is 277 g/mol. The number of aryl methyl sites for hydroxylation is 2. The van der Waals surface area contributed by atoms with Gasteiger partial charge in [-0.05, 0) is 36.1 Å². The van der Waals surface area contributed by atoms with Crippen molar-refractivity contribution in [3.63, 3.8) is 0 Å². The van der Waals surface area contributed by atoms with Gasteiger partial charge in [0.2, 0.25) is 0 Å². The number of aromatic nitrogens is 2. The van der Waals surface area contributed by atoms with Gasteiger partial charge in [-0.15, -0.1) is 0 Å². The molecule has 0 radical (unpaired) electrons. The fourth-order valence-corrected chi connectivity index (χ4v) is 3.34. The van der Waals surface area contributed by atoms with Crippen LogP contribution in [0.3, 0.4) is 0 Å². The number of para-hydroxylation sites is 2. The van der Waals surface area contributed by atoms with Gasteiger partial charge in [0.1, 0.15) is 5.82 Å².